The Morgan fingerprint density at radius 1 is 1.00 bits per heavy atom. The molecule has 0 aliphatic rings. The van der Waals surface area contributed by atoms with Crippen LogP contribution in [0.25, 0.3) is 0 Å². The van der Waals surface area contributed by atoms with Crippen molar-refractivity contribution in [3.8, 4) is 0 Å². The molecule has 2 aromatic rings. The molecular formula is C13H11F2NO2S. The second-order valence-electron chi connectivity index (χ2n) is 3.88. The molecular weight excluding hydrogens is 272 g/mol. The molecule has 0 aliphatic carbocycles. The lowest BCUT2D eigenvalue weighted by Crippen LogP contribution is -2.24. The van der Waals surface area contributed by atoms with Crippen molar-refractivity contribution in [2.75, 3.05) is 0 Å². The fraction of sp³-hybridized carbons (Fsp3) is 0.0769. The molecule has 0 aromatic heterocycles. The SMILES string of the molecule is O=S(=O)(NCc1ccccc1)c1ccc(F)cc1F. The molecule has 0 fully saturated rings. The summed E-state index contributed by atoms with van der Waals surface area (Å²) in [6, 6.07) is 11.2. The van der Waals surface area contributed by atoms with Gasteiger partial charge in [-0.25, -0.2) is 21.9 Å². The van der Waals surface area contributed by atoms with E-state index in [1.807, 2.05) is 0 Å². The maximum atomic E-state index is 13.4. The van der Waals surface area contributed by atoms with E-state index in [2.05, 4.69) is 4.72 Å². The van der Waals surface area contributed by atoms with Crippen LogP contribution in [0, 0.1) is 11.6 Å². The summed E-state index contributed by atoms with van der Waals surface area (Å²) in [6.07, 6.45) is 0. The van der Waals surface area contributed by atoms with Gasteiger partial charge in [0.15, 0.2) is 0 Å². The molecule has 0 bridgehead atoms. The van der Waals surface area contributed by atoms with Gasteiger partial charge in [0.1, 0.15) is 16.5 Å². The van der Waals surface area contributed by atoms with Gasteiger partial charge in [0.2, 0.25) is 10.0 Å². The van der Waals surface area contributed by atoms with Crippen molar-refractivity contribution < 1.29 is 17.2 Å². The quantitative estimate of drug-likeness (QED) is 0.936. The van der Waals surface area contributed by atoms with E-state index in [-0.39, 0.29) is 6.54 Å². The minimum atomic E-state index is -4.00. The Balaban J connectivity index is 2.19. The number of benzene rings is 2. The Kier molecular flexibility index (Phi) is 3.92. The van der Waals surface area contributed by atoms with E-state index in [0.717, 1.165) is 17.7 Å². The van der Waals surface area contributed by atoms with Crippen LogP contribution in [0.4, 0.5) is 8.78 Å². The summed E-state index contributed by atoms with van der Waals surface area (Å²) in [5.41, 5.74) is 0.744. The zero-order chi connectivity index (χ0) is 13.9. The molecule has 100 valence electrons. The van der Waals surface area contributed by atoms with E-state index in [4.69, 9.17) is 0 Å². The summed E-state index contributed by atoms with van der Waals surface area (Å²) in [4.78, 5) is -0.565. The standard InChI is InChI=1S/C13H11F2NO2S/c14-11-6-7-13(12(15)8-11)19(17,18)16-9-10-4-2-1-3-5-10/h1-8,16H,9H2. The van der Waals surface area contributed by atoms with Gasteiger partial charge in [-0.2, -0.15) is 0 Å². The van der Waals surface area contributed by atoms with Gasteiger partial charge < -0.3 is 0 Å². The fourth-order valence-electron chi connectivity index (χ4n) is 1.55. The van der Waals surface area contributed by atoms with Crippen LogP contribution in [0.3, 0.4) is 0 Å². The molecule has 0 spiro atoms. The molecule has 0 saturated carbocycles. The third kappa shape index (κ3) is 3.36. The van der Waals surface area contributed by atoms with E-state index < -0.39 is 26.6 Å². The Hall–Kier alpha value is -1.79. The minimum absolute atomic E-state index is 0.0417. The van der Waals surface area contributed by atoms with Gasteiger partial charge in [0, 0.05) is 12.6 Å². The van der Waals surface area contributed by atoms with Gasteiger partial charge in [-0.15, -0.1) is 0 Å². The molecule has 0 amide bonds. The van der Waals surface area contributed by atoms with Crippen molar-refractivity contribution in [1.82, 2.24) is 4.72 Å². The number of hydrogen-bond acceptors (Lipinski definition) is 2. The molecule has 19 heavy (non-hydrogen) atoms. The number of rotatable bonds is 4. The lowest BCUT2D eigenvalue weighted by Gasteiger charge is -2.07. The summed E-state index contributed by atoms with van der Waals surface area (Å²) in [6.45, 7) is 0.0417. The first-order valence-electron chi connectivity index (χ1n) is 5.48. The number of halogens is 2. The number of nitrogens with one attached hydrogen (secondary N) is 1. The summed E-state index contributed by atoms with van der Waals surface area (Å²) in [7, 11) is -4.00. The maximum Gasteiger partial charge on any atom is 0.243 e. The van der Waals surface area contributed by atoms with Crippen LogP contribution in [0.15, 0.2) is 53.4 Å². The van der Waals surface area contributed by atoms with E-state index >= 15 is 0 Å². The van der Waals surface area contributed by atoms with Crippen molar-refractivity contribution in [3.63, 3.8) is 0 Å². The molecule has 2 rings (SSSR count). The summed E-state index contributed by atoms with van der Waals surface area (Å²) >= 11 is 0. The van der Waals surface area contributed by atoms with Crippen molar-refractivity contribution in [2.24, 2.45) is 0 Å². The van der Waals surface area contributed by atoms with Gasteiger partial charge in [0.25, 0.3) is 0 Å². The summed E-state index contributed by atoms with van der Waals surface area (Å²) in [5, 5.41) is 0. The molecule has 0 heterocycles. The summed E-state index contributed by atoms with van der Waals surface area (Å²) < 4.78 is 52.1. The van der Waals surface area contributed by atoms with Crippen molar-refractivity contribution in [3.05, 3.63) is 65.7 Å². The minimum Gasteiger partial charge on any atom is -0.207 e. The zero-order valence-electron chi connectivity index (χ0n) is 9.81. The maximum absolute atomic E-state index is 13.4. The Morgan fingerprint density at radius 3 is 2.32 bits per heavy atom. The third-order valence-corrected chi connectivity index (χ3v) is 3.93. The predicted octanol–water partition coefficient (Wildman–Crippen LogP) is 2.44. The van der Waals surface area contributed by atoms with Gasteiger partial charge in [-0.3, -0.25) is 0 Å². The normalized spacial score (nSPS) is 11.5. The van der Waals surface area contributed by atoms with Crippen LogP contribution in [-0.2, 0) is 16.6 Å². The Morgan fingerprint density at radius 2 is 1.68 bits per heavy atom. The van der Waals surface area contributed by atoms with Gasteiger partial charge in [0.05, 0.1) is 0 Å². The lowest BCUT2D eigenvalue weighted by molar-refractivity contribution is 0.543. The Labute approximate surface area is 109 Å². The topological polar surface area (TPSA) is 46.2 Å². The molecule has 0 aliphatic heterocycles. The Bertz CT molecular complexity index is 672. The highest BCUT2D eigenvalue weighted by atomic mass is 32.2. The van der Waals surface area contributed by atoms with Crippen molar-refractivity contribution in [2.45, 2.75) is 11.4 Å². The highest BCUT2D eigenvalue weighted by Crippen LogP contribution is 2.15. The predicted molar refractivity (Wildman–Crippen MR) is 66.8 cm³/mol. The third-order valence-electron chi connectivity index (χ3n) is 2.49. The van der Waals surface area contributed by atoms with E-state index in [0.29, 0.717) is 6.07 Å². The average Bonchev–Trinajstić information content (AvgIpc) is 2.37. The average molecular weight is 283 g/mol. The van der Waals surface area contributed by atoms with E-state index in [9.17, 15) is 17.2 Å². The molecule has 0 unspecified atom stereocenters. The van der Waals surface area contributed by atoms with Crippen LogP contribution in [-0.4, -0.2) is 8.42 Å². The van der Waals surface area contributed by atoms with Crippen molar-refractivity contribution >= 4 is 10.0 Å². The van der Waals surface area contributed by atoms with Crippen LogP contribution in [0.5, 0.6) is 0 Å². The molecule has 0 saturated heterocycles. The molecule has 2 aromatic carbocycles. The largest absolute Gasteiger partial charge is 0.243 e. The molecule has 6 heteroatoms. The van der Waals surface area contributed by atoms with Crippen LogP contribution in [0.1, 0.15) is 5.56 Å². The van der Waals surface area contributed by atoms with E-state index in [1.165, 1.54) is 0 Å². The molecule has 0 radical (unpaired) electrons. The molecule has 1 N–H and O–H groups in total. The second kappa shape index (κ2) is 5.46. The van der Waals surface area contributed by atoms with Gasteiger partial charge >= 0.3 is 0 Å². The smallest absolute Gasteiger partial charge is 0.207 e. The highest BCUT2D eigenvalue weighted by molar-refractivity contribution is 7.89. The summed E-state index contributed by atoms with van der Waals surface area (Å²) in [5.74, 6) is -1.93. The molecule has 3 nitrogen and oxygen atoms in total. The first-order chi connectivity index (χ1) is 8.99. The highest BCUT2D eigenvalue weighted by Gasteiger charge is 2.18. The van der Waals surface area contributed by atoms with Crippen LogP contribution >= 0.6 is 0 Å². The van der Waals surface area contributed by atoms with Gasteiger partial charge in [-0.05, 0) is 17.7 Å². The van der Waals surface area contributed by atoms with Gasteiger partial charge in [-0.1, -0.05) is 30.3 Å². The molecule has 0 atom stereocenters. The van der Waals surface area contributed by atoms with Crippen LogP contribution in [0.2, 0.25) is 0 Å². The van der Waals surface area contributed by atoms with Crippen molar-refractivity contribution in [1.29, 1.82) is 0 Å². The monoisotopic (exact) mass is 283 g/mol. The van der Waals surface area contributed by atoms with Crippen LogP contribution < -0.4 is 4.72 Å². The second-order valence-corrected chi connectivity index (χ2v) is 5.62. The fourth-order valence-corrected chi connectivity index (χ4v) is 2.62. The number of sulfonamides is 1. The van der Waals surface area contributed by atoms with E-state index in [1.54, 1.807) is 30.3 Å². The lowest BCUT2D eigenvalue weighted by atomic mass is 10.2. The number of hydrogen-bond donors (Lipinski definition) is 1. The first kappa shape index (κ1) is 13.6. The zero-order valence-corrected chi connectivity index (χ0v) is 10.6. The first-order valence-corrected chi connectivity index (χ1v) is 6.96.